The Morgan fingerprint density at radius 1 is 1.46 bits per heavy atom. The molecule has 0 spiro atoms. The van der Waals surface area contributed by atoms with Gasteiger partial charge in [-0.3, -0.25) is 4.79 Å². The Bertz CT molecular complexity index is 863. The maximum Gasteiger partial charge on any atom is 0.256 e. The lowest BCUT2D eigenvalue weighted by molar-refractivity contribution is 0.000445. The van der Waals surface area contributed by atoms with Crippen molar-refractivity contribution in [3.8, 4) is 0 Å². The number of carbonyl (C=O) groups is 1. The van der Waals surface area contributed by atoms with Crippen molar-refractivity contribution >= 4 is 21.6 Å². The summed E-state index contributed by atoms with van der Waals surface area (Å²) in [6.45, 7) is 2.98. The Hall–Kier alpha value is -2.04. The number of morpholine rings is 1. The maximum atomic E-state index is 12.3. The summed E-state index contributed by atoms with van der Waals surface area (Å²) in [5.74, 6) is -0.318. The van der Waals surface area contributed by atoms with E-state index in [9.17, 15) is 13.2 Å². The summed E-state index contributed by atoms with van der Waals surface area (Å²) in [7, 11) is -3.26. The summed E-state index contributed by atoms with van der Waals surface area (Å²) < 4.78 is 31.6. The van der Waals surface area contributed by atoms with Crippen LogP contribution in [0.2, 0.25) is 0 Å². The fourth-order valence-electron chi connectivity index (χ4n) is 2.55. The topological polar surface area (TPSA) is 106 Å². The summed E-state index contributed by atoms with van der Waals surface area (Å²) in [6, 6.07) is 0. The number of hydrogen-bond donors (Lipinski definition) is 1. The van der Waals surface area contributed by atoms with Gasteiger partial charge in [0.05, 0.1) is 25.2 Å². The zero-order chi connectivity index (χ0) is 17.3. The van der Waals surface area contributed by atoms with Crippen molar-refractivity contribution < 1.29 is 17.9 Å². The summed E-state index contributed by atoms with van der Waals surface area (Å²) in [4.78, 5) is 16.6. The molecule has 0 aromatic carbocycles. The molecule has 2 aromatic heterocycles. The van der Waals surface area contributed by atoms with E-state index in [1.54, 1.807) is 16.9 Å². The summed E-state index contributed by atoms with van der Waals surface area (Å²) in [6.07, 6.45) is 5.70. The lowest BCUT2D eigenvalue weighted by Gasteiger charge is -2.31. The molecule has 3 heterocycles. The molecule has 9 nitrogen and oxygen atoms in total. The third-order valence-corrected chi connectivity index (χ3v) is 5.06. The van der Waals surface area contributed by atoms with E-state index in [0.29, 0.717) is 24.4 Å². The molecule has 0 bridgehead atoms. The van der Waals surface area contributed by atoms with Crippen molar-refractivity contribution in [2.24, 2.45) is 0 Å². The summed E-state index contributed by atoms with van der Waals surface area (Å²) in [5.41, 5.74) is 1.78. The molecule has 1 fully saturated rings. The number of sulfonamides is 1. The van der Waals surface area contributed by atoms with Crippen molar-refractivity contribution in [1.29, 1.82) is 0 Å². The second-order valence-electron chi connectivity index (χ2n) is 5.78. The lowest BCUT2D eigenvalue weighted by Crippen LogP contribution is -2.49. The van der Waals surface area contributed by atoms with Gasteiger partial charge in [0.25, 0.3) is 5.91 Å². The number of carbonyl (C=O) groups excluding carboxylic acids is 1. The van der Waals surface area contributed by atoms with Gasteiger partial charge in [-0.15, -0.1) is 0 Å². The Balaban J connectivity index is 1.64. The van der Waals surface area contributed by atoms with Gasteiger partial charge >= 0.3 is 0 Å². The normalized spacial score (nSPS) is 19.5. The molecule has 1 atom stereocenters. The molecule has 1 aliphatic heterocycles. The molecule has 24 heavy (non-hydrogen) atoms. The van der Waals surface area contributed by atoms with Crippen LogP contribution < -0.4 is 5.32 Å². The molecule has 130 valence electrons. The largest absolute Gasteiger partial charge is 0.374 e. The monoisotopic (exact) mass is 353 g/mol. The molecule has 2 aromatic rings. The number of fused-ring (bicyclic) bond motifs is 1. The molecular formula is C14H19N5O4S. The number of nitrogens with zero attached hydrogens (tertiary/aromatic N) is 4. The number of ether oxygens (including phenoxy) is 1. The average Bonchev–Trinajstić information content (AvgIpc) is 2.95. The first-order valence-corrected chi connectivity index (χ1v) is 9.34. The zero-order valence-corrected chi connectivity index (χ0v) is 14.3. The second kappa shape index (κ2) is 6.46. The van der Waals surface area contributed by atoms with E-state index in [-0.39, 0.29) is 25.1 Å². The minimum Gasteiger partial charge on any atom is -0.374 e. The highest BCUT2D eigenvalue weighted by Gasteiger charge is 2.27. The fourth-order valence-corrected chi connectivity index (χ4v) is 3.39. The van der Waals surface area contributed by atoms with Gasteiger partial charge in [0.15, 0.2) is 5.65 Å². The molecule has 10 heteroatoms. The van der Waals surface area contributed by atoms with E-state index in [4.69, 9.17) is 4.74 Å². The second-order valence-corrected chi connectivity index (χ2v) is 7.76. The van der Waals surface area contributed by atoms with Crippen LogP contribution in [0.25, 0.3) is 5.65 Å². The number of hydrogen-bond acceptors (Lipinski definition) is 6. The van der Waals surface area contributed by atoms with E-state index in [1.807, 2.05) is 6.92 Å². The van der Waals surface area contributed by atoms with Crippen LogP contribution >= 0.6 is 0 Å². The minimum atomic E-state index is -3.26. The molecule has 0 aliphatic carbocycles. The lowest BCUT2D eigenvalue weighted by atomic mass is 10.2. The van der Waals surface area contributed by atoms with Crippen LogP contribution in [0, 0.1) is 6.92 Å². The predicted molar refractivity (Wildman–Crippen MR) is 86.2 cm³/mol. The zero-order valence-electron chi connectivity index (χ0n) is 13.5. The van der Waals surface area contributed by atoms with E-state index >= 15 is 0 Å². The van der Waals surface area contributed by atoms with E-state index < -0.39 is 10.0 Å². The van der Waals surface area contributed by atoms with Gasteiger partial charge in [-0.25, -0.2) is 17.9 Å². The van der Waals surface area contributed by atoms with E-state index in [1.165, 1.54) is 16.8 Å². The van der Waals surface area contributed by atoms with Crippen LogP contribution in [-0.2, 0) is 14.8 Å². The third-order valence-electron chi connectivity index (χ3n) is 3.79. The minimum absolute atomic E-state index is 0.216. The van der Waals surface area contributed by atoms with E-state index in [2.05, 4.69) is 15.4 Å². The van der Waals surface area contributed by atoms with Crippen molar-refractivity contribution in [2.45, 2.75) is 13.0 Å². The van der Waals surface area contributed by atoms with Crippen LogP contribution in [0.1, 0.15) is 15.9 Å². The van der Waals surface area contributed by atoms with Crippen molar-refractivity contribution in [3.05, 3.63) is 29.7 Å². The maximum absolute atomic E-state index is 12.3. The molecule has 0 saturated carbocycles. The first-order valence-electron chi connectivity index (χ1n) is 7.49. The number of nitrogens with one attached hydrogen (secondary N) is 1. The first-order chi connectivity index (χ1) is 11.3. The Morgan fingerprint density at radius 3 is 3.00 bits per heavy atom. The molecule has 1 aliphatic rings. The molecular weight excluding hydrogens is 334 g/mol. The third kappa shape index (κ3) is 3.55. The van der Waals surface area contributed by atoms with Gasteiger partial charge in [-0.1, -0.05) is 0 Å². The SMILES string of the molecule is Cc1cnc2c(C(=O)NC[C@@H]3CN(S(C)(=O)=O)CCO3)cnn2c1. The van der Waals surface area contributed by atoms with Gasteiger partial charge in [0.2, 0.25) is 10.0 Å². The van der Waals surface area contributed by atoms with Crippen LogP contribution in [0.4, 0.5) is 0 Å². The molecule has 0 radical (unpaired) electrons. The first kappa shape index (κ1) is 16.8. The highest BCUT2D eigenvalue weighted by atomic mass is 32.2. The predicted octanol–water partition coefficient (Wildman–Crippen LogP) is -0.572. The van der Waals surface area contributed by atoms with Crippen LogP contribution in [0.3, 0.4) is 0 Å². The average molecular weight is 353 g/mol. The van der Waals surface area contributed by atoms with Crippen molar-refractivity contribution in [3.63, 3.8) is 0 Å². The Morgan fingerprint density at radius 2 is 2.25 bits per heavy atom. The Kier molecular flexibility index (Phi) is 4.52. The molecule has 1 amide bonds. The molecule has 0 unspecified atom stereocenters. The van der Waals surface area contributed by atoms with E-state index in [0.717, 1.165) is 5.56 Å². The quantitative estimate of drug-likeness (QED) is 0.789. The molecule has 1 N–H and O–H groups in total. The Labute approximate surface area is 139 Å². The van der Waals surface area contributed by atoms with Gasteiger partial charge in [-0.05, 0) is 12.5 Å². The van der Waals surface area contributed by atoms with Gasteiger partial charge < -0.3 is 10.1 Å². The standard InChI is InChI=1S/C14H19N5O4S/c1-10-5-15-13-12(7-17-19(13)8-10)14(20)16-6-11-9-18(3-4-23-11)24(2,21)22/h5,7-8,11H,3-4,6,9H2,1-2H3,(H,16,20)/t11-/m1/s1. The summed E-state index contributed by atoms with van der Waals surface area (Å²) in [5, 5.41) is 6.87. The van der Waals surface area contributed by atoms with Gasteiger partial charge in [-0.2, -0.15) is 9.40 Å². The van der Waals surface area contributed by atoms with Crippen molar-refractivity contribution in [1.82, 2.24) is 24.2 Å². The number of aromatic nitrogens is 3. The highest BCUT2D eigenvalue weighted by molar-refractivity contribution is 7.88. The summed E-state index contributed by atoms with van der Waals surface area (Å²) >= 11 is 0. The van der Waals surface area contributed by atoms with Crippen LogP contribution in [0.5, 0.6) is 0 Å². The highest BCUT2D eigenvalue weighted by Crippen LogP contribution is 2.10. The number of aryl methyl sites for hydroxylation is 1. The van der Waals surface area contributed by atoms with Gasteiger partial charge in [0.1, 0.15) is 5.56 Å². The smallest absolute Gasteiger partial charge is 0.256 e. The van der Waals surface area contributed by atoms with Crippen LogP contribution in [0.15, 0.2) is 18.6 Å². The van der Waals surface area contributed by atoms with Gasteiger partial charge in [0, 0.05) is 32.0 Å². The van der Waals surface area contributed by atoms with Crippen LogP contribution in [-0.4, -0.2) is 71.8 Å². The van der Waals surface area contributed by atoms with Crippen molar-refractivity contribution in [2.75, 3.05) is 32.5 Å². The number of amides is 1. The number of rotatable bonds is 4. The fraction of sp³-hybridized carbons (Fsp3) is 0.500. The molecule has 3 rings (SSSR count). The molecule has 1 saturated heterocycles.